The quantitative estimate of drug-likeness (QED) is 0.0253. The Balaban J connectivity index is 0.00000145. The molecule has 19 nitrogen and oxygen atoms in total. The summed E-state index contributed by atoms with van der Waals surface area (Å²) in [6.07, 6.45) is 1.58. The van der Waals surface area contributed by atoms with E-state index in [0.717, 1.165) is 46.4 Å². The van der Waals surface area contributed by atoms with Crippen molar-refractivity contribution in [2.75, 3.05) is 13.2 Å². The van der Waals surface area contributed by atoms with E-state index in [0.29, 0.717) is 84.3 Å². The third kappa shape index (κ3) is 10.2. The summed E-state index contributed by atoms with van der Waals surface area (Å²) in [6, 6.07) is 31.8. The smallest absolute Gasteiger partial charge is 1.00 e. The Morgan fingerprint density at radius 3 is 1.62 bits per heavy atom. The van der Waals surface area contributed by atoms with Crippen LogP contribution in [-0.4, -0.2) is 88.9 Å². The van der Waals surface area contributed by atoms with Gasteiger partial charge in [-0.15, -0.1) is 0 Å². The predicted octanol–water partition coefficient (Wildman–Crippen LogP) is -4.10. The molecule has 4 aliphatic heterocycles. The summed E-state index contributed by atoms with van der Waals surface area (Å²) in [5, 5.41) is 49.3. The normalized spacial score (nSPS) is 13.2. The monoisotopic (exact) mass is 1270 g/mol. The molecule has 0 atom stereocenters. The molecule has 8 aromatic carbocycles. The molecule has 0 amide bonds. The fraction of sp³-hybridized carbons (Fsp3) is 0.107. The minimum absolute atomic E-state index is 0. The van der Waals surface area contributed by atoms with Gasteiger partial charge in [0, 0.05) is 0 Å². The van der Waals surface area contributed by atoms with E-state index in [2.05, 4.69) is 23.8 Å². The van der Waals surface area contributed by atoms with Gasteiger partial charge >= 0.3 is 568 Å². The minimum atomic E-state index is -4.58. The molecule has 0 spiro atoms. The summed E-state index contributed by atoms with van der Waals surface area (Å²) in [7, 11) is -4.58. The van der Waals surface area contributed by atoms with Crippen molar-refractivity contribution < 1.29 is 174 Å². The molecular weight excluding hydrogens is 1230 g/mol. The van der Waals surface area contributed by atoms with Gasteiger partial charge in [-0.3, -0.25) is 0 Å². The second-order valence-corrected chi connectivity index (χ2v) is 24.3. The molecule has 14 rings (SSSR count). The molecule has 26 heteroatoms. The van der Waals surface area contributed by atoms with E-state index in [1.165, 1.54) is 12.1 Å². The summed E-state index contributed by atoms with van der Waals surface area (Å²) >= 11 is -2.18. The van der Waals surface area contributed by atoms with Crippen molar-refractivity contribution in [3.63, 3.8) is 0 Å². The predicted molar refractivity (Wildman–Crippen MR) is 296 cm³/mol. The van der Waals surface area contributed by atoms with Crippen LogP contribution in [0.2, 0.25) is 0 Å². The van der Waals surface area contributed by atoms with Gasteiger partial charge < -0.3 is 8.33 Å². The maximum atomic E-state index is 15.3. The van der Waals surface area contributed by atoms with Crippen molar-refractivity contribution in [1.29, 1.82) is 0 Å². The summed E-state index contributed by atoms with van der Waals surface area (Å²) in [5.74, 6) is 7.83. The number of amidine groups is 4. The largest absolute Gasteiger partial charge is 1.00 e. The van der Waals surface area contributed by atoms with Crippen molar-refractivity contribution in [2.24, 2.45) is 30.0 Å². The number of hydrogen-bond donors (Lipinski definition) is 2. The summed E-state index contributed by atoms with van der Waals surface area (Å²) in [6.45, 7) is 4.19. The first-order chi connectivity index (χ1) is 37.5. The molecule has 0 aliphatic carbocycles. The van der Waals surface area contributed by atoms with Crippen molar-refractivity contribution >= 4 is 145 Å². The number of rotatable bonds is 10. The minimum Gasteiger partial charge on any atom is -1.00 e. The first kappa shape index (κ1) is 62.4. The third-order valence-electron chi connectivity index (χ3n) is 14.1. The Labute approximate surface area is 573 Å². The van der Waals surface area contributed by atoms with Crippen LogP contribution in [0.3, 0.4) is 0 Å². The number of aliphatic imine (C=N–C) groups is 4. The molecule has 0 saturated heterocycles. The summed E-state index contributed by atoms with van der Waals surface area (Å²) in [5.41, 5.74) is 2.53. The van der Waals surface area contributed by atoms with Gasteiger partial charge in [0.1, 0.15) is 0 Å². The molecule has 4 N–H and O–H groups in total. The van der Waals surface area contributed by atoms with Gasteiger partial charge in [-0.1, -0.05) is 0 Å². The number of aromatic nitrogens is 2. The number of fused-ring (bicyclic) bond motifs is 18. The van der Waals surface area contributed by atoms with Crippen LogP contribution in [-0.2, 0) is 19.5 Å². The maximum Gasteiger partial charge on any atom is 1.00 e. The van der Waals surface area contributed by atoms with Crippen LogP contribution >= 0.6 is 12.0 Å². The molecule has 0 saturated carbocycles. The van der Waals surface area contributed by atoms with Gasteiger partial charge in [-0.05, 0) is 0 Å². The van der Waals surface area contributed by atoms with E-state index in [1.54, 1.807) is 43.3 Å². The Morgan fingerprint density at radius 1 is 0.622 bits per heavy atom. The van der Waals surface area contributed by atoms with Crippen molar-refractivity contribution in [2.45, 2.75) is 36.5 Å². The Morgan fingerprint density at radius 2 is 1.11 bits per heavy atom. The molecule has 82 heavy (non-hydrogen) atoms. The van der Waals surface area contributed by atoms with Crippen LogP contribution in [0.5, 0.6) is 23.0 Å². The number of ether oxygens (including phenoxy) is 2. The Bertz CT molecular complexity index is 4860. The van der Waals surface area contributed by atoms with Crippen LogP contribution in [0, 0.1) is 11.8 Å². The first-order valence-corrected chi connectivity index (χ1v) is 29.3. The van der Waals surface area contributed by atoms with Gasteiger partial charge in [0.2, 0.25) is 0 Å². The molecule has 387 valence electrons. The number of nitrogens with zero attached hydrogens (tertiary/aromatic N) is 8. The van der Waals surface area contributed by atoms with E-state index in [4.69, 9.17) is 49.0 Å². The van der Waals surface area contributed by atoms with Crippen molar-refractivity contribution in [3.8, 4) is 34.8 Å². The first-order valence-electron chi connectivity index (χ1n) is 24.2. The molecule has 1 radical (unpaired) electrons. The molecule has 10 aromatic rings. The third-order valence-corrected chi connectivity index (χ3v) is 19.6. The van der Waals surface area contributed by atoms with E-state index < -0.39 is 45.1 Å². The maximum absolute atomic E-state index is 15.3. The molecule has 2 aromatic heterocycles. The molecule has 6 bridgehead atoms. The zero-order valence-electron chi connectivity index (χ0n) is 46.9. The number of hydrogen-bond acceptors (Lipinski definition) is 16. The van der Waals surface area contributed by atoms with Crippen LogP contribution in [0.1, 0.15) is 51.8 Å². The van der Waals surface area contributed by atoms with E-state index >= 15 is 10.2 Å². The second kappa shape index (κ2) is 24.7. The van der Waals surface area contributed by atoms with Crippen LogP contribution in [0.15, 0.2) is 149 Å². The van der Waals surface area contributed by atoms with E-state index in [1.807, 2.05) is 65.8 Å². The van der Waals surface area contributed by atoms with Crippen molar-refractivity contribution in [3.05, 3.63) is 142 Å². The average Bonchev–Trinajstić information content (AvgIpc) is 2.05. The molecule has 0 fully saturated rings. The summed E-state index contributed by atoms with van der Waals surface area (Å²) in [4.78, 5) is 32.5. The zero-order chi connectivity index (χ0) is 52.4. The molecule has 4 aliphatic rings. The Kier molecular flexibility index (Phi) is 18.8. The van der Waals surface area contributed by atoms with Crippen LogP contribution in [0.25, 0.3) is 64.6 Å². The SMILES string of the molecule is CC#CCOc1c2ccccc2c(OCCCC)c2c3[n]4c(c12)N=C1N=C(N=c2c5c([O-])c6ccccc6c([O-])c5c([n]2[In]4)=NC2=NC(=N3)c3cc4cc(S(=O)(=O)O)ccc4cc32)c2cc3cc(SOOO)ccc3cc21.O.[H-].[H-].[Na+].[Na+].[Na+].[Na+]. The number of unbranched alkanes of at least 4 members (excludes halogenated alkanes) is 1. The fourth-order valence-electron chi connectivity index (χ4n) is 10.6. The second-order valence-electron chi connectivity index (χ2n) is 18.5. The van der Waals surface area contributed by atoms with Gasteiger partial charge in [0.05, 0.1) is 0 Å². The standard InChI is InChI=1S/C56H36N8O10S2.In.4Na.H2O.2H/c1-3-5-19-71-47-35-13-9-10-14-36(35)48(72-20-6-4-2)44-43(47)55-61-50-37-23-27-15-17-31(75-74-73-67)21-29(27)25-39(37)51(58-50)60-54-42-41(45(65)33-11-7-8-12-34(33)46(42)66)53(63-54)59-49-38-24-28-16-18-32(76(68,69)70)22-30(28)26-40(38)52(57-49)62-56(44)64-55;;;;;;;;/h7-18,21-26H,4,6,19-20H2,1-2H3,(H4-2,57,58,59,60,61,62,63,64,65,66,67,68,69,70);;;;;;1H2;;/q-2;+2;4*+1;;2*-1/p-2. The summed E-state index contributed by atoms with van der Waals surface area (Å²) < 4.78 is 57.6. The van der Waals surface area contributed by atoms with Gasteiger partial charge in [-0.2, -0.15) is 0 Å². The van der Waals surface area contributed by atoms with Gasteiger partial charge in [-0.25, -0.2) is 5.26 Å². The van der Waals surface area contributed by atoms with Gasteiger partial charge in [0.15, 0.2) is 0 Å². The Hall–Kier alpha value is -4.11. The van der Waals surface area contributed by atoms with Crippen molar-refractivity contribution in [1.82, 2.24) is 5.11 Å². The molecule has 0 unspecified atom stereocenters. The molecule has 6 heterocycles. The number of benzene rings is 8. The zero-order valence-corrected chi connectivity index (χ0v) is 57.8. The fourth-order valence-corrected chi connectivity index (χ4v) is 15.6. The van der Waals surface area contributed by atoms with Crippen LogP contribution in [0.4, 0.5) is 11.6 Å². The van der Waals surface area contributed by atoms with Gasteiger partial charge in [0.25, 0.3) is 0 Å². The topological polar surface area (TPSA) is 273 Å². The van der Waals surface area contributed by atoms with E-state index in [9.17, 15) is 13.0 Å². The molecular formula is C56H38InN8Na4O11S2. The van der Waals surface area contributed by atoms with E-state index in [-0.39, 0.29) is 188 Å². The van der Waals surface area contributed by atoms with Crippen LogP contribution < -0.4 is 149 Å². The average molecular weight is 1270 g/mol.